The van der Waals surface area contributed by atoms with Gasteiger partial charge in [0, 0.05) is 6.92 Å². The maximum atomic E-state index is 11.7. The molecule has 0 bridgehead atoms. The lowest BCUT2D eigenvalue weighted by Crippen LogP contribution is -2.65. The van der Waals surface area contributed by atoms with Gasteiger partial charge in [0.15, 0.2) is 0 Å². The summed E-state index contributed by atoms with van der Waals surface area (Å²) < 4.78 is 22.8. The maximum Gasteiger partial charge on any atom is 0.328 e. The van der Waals surface area contributed by atoms with Crippen molar-refractivity contribution in [1.29, 1.82) is 0 Å². The summed E-state index contributed by atoms with van der Waals surface area (Å²) in [6, 6.07) is 17.1. The normalized spacial score (nSPS) is 23.2. The van der Waals surface area contributed by atoms with Crippen molar-refractivity contribution in [3.8, 4) is 18.0 Å². The molecule has 1 aromatic heterocycles. The second-order valence-electron chi connectivity index (χ2n) is 8.28. The predicted octanol–water partition coefficient (Wildman–Crippen LogP) is 0.352. The minimum absolute atomic E-state index is 0.0944. The molecule has 0 aliphatic carbocycles. The Morgan fingerprint density at radius 3 is 1.86 bits per heavy atom. The maximum absolute atomic E-state index is 11.7. The molecule has 0 radical (unpaired) electrons. The van der Waals surface area contributed by atoms with Crippen molar-refractivity contribution in [1.82, 2.24) is 20.3 Å². The Morgan fingerprint density at radius 2 is 1.38 bits per heavy atom. The first-order valence-electron chi connectivity index (χ1n) is 11.6. The highest BCUT2D eigenvalue weighted by Crippen LogP contribution is 2.25. The summed E-state index contributed by atoms with van der Waals surface area (Å²) in [7, 11) is 0. The summed E-state index contributed by atoms with van der Waals surface area (Å²) in [6.07, 6.45) is -5.49. The number of amides is 1. The molecule has 2 heterocycles. The quantitative estimate of drug-likeness (QED) is 0.296. The largest absolute Gasteiger partial charge is 0.458 e. The summed E-state index contributed by atoms with van der Waals surface area (Å²) >= 11 is 0. The Morgan fingerprint density at radius 1 is 0.865 bits per heavy atom. The van der Waals surface area contributed by atoms with Crippen LogP contribution in [0.5, 0.6) is 18.0 Å². The number of rotatable bonds is 10. The van der Waals surface area contributed by atoms with E-state index in [2.05, 4.69) is 20.3 Å². The zero-order valence-corrected chi connectivity index (χ0v) is 20.0. The average molecular weight is 513 g/mol. The molecule has 12 heteroatoms. The van der Waals surface area contributed by atoms with Gasteiger partial charge in [0.2, 0.25) is 12.2 Å². The van der Waals surface area contributed by atoms with Crippen LogP contribution in [0, 0.1) is 0 Å². The zero-order chi connectivity index (χ0) is 26.2. The van der Waals surface area contributed by atoms with Crippen LogP contribution in [0.2, 0.25) is 0 Å². The third-order valence-electron chi connectivity index (χ3n) is 5.47. The molecule has 37 heavy (non-hydrogen) atoms. The van der Waals surface area contributed by atoms with E-state index in [0.717, 1.165) is 11.1 Å². The summed E-state index contributed by atoms with van der Waals surface area (Å²) in [5, 5.41) is 32.8. The first-order chi connectivity index (χ1) is 17.9. The van der Waals surface area contributed by atoms with E-state index in [1.54, 1.807) is 0 Å². The number of carbonyl (C=O) groups excluding carboxylic acids is 1. The number of nitrogens with zero attached hydrogens (tertiary/aromatic N) is 3. The van der Waals surface area contributed by atoms with Crippen LogP contribution < -0.4 is 19.5 Å². The van der Waals surface area contributed by atoms with Crippen molar-refractivity contribution >= 4 is 5.91 Å². The molecule has 12 nitrogen and oxygen atoms in total. The highest BCUT2D eigenvalue weighted by atomic mass is 16.7. The van der Waals surface area contributed by atoms with Crippen molar-refractivity contribution in [3.63, 3.8) is 0 Å². The van der Waals surface area contributed by atoms with Gasteiger partial charge in [-0.2, -0.15) is 0 Å². The van der Waals surface area contributed by atoms with E-state index in [1.807, 2.05) is 60.7 Å². The molecular formula is C25H28N4O8. The second kappa shape index (κ2) is 12.4. The number of aliphatic hydroxyl groups is 3. The minimum atomic E-state index is -1.50. The van der Waals surface area contributed by atoms with Crippen LogP contribution in [0.1, 0.15) is 18.1 Å². The Labute approximate surface area is 212 Å². The smallest absolute Gasteiger partial charge is 0.328 e. The van der Waals surface area contributed by atoms with Crippen LogP contribution in [0.4, 0.5) is 0 Å². The van der Waals surface area contributed by atoms with Gasteiger partial charge >= 0.3 is 18.0 Å². The van der Waals surface area contributed by atoms with Crippen molar-refractivity contribution in [2.45, 2.75) is 50.8 Å². The van der Waals surface area contributed by atoms with Crippen molar-refractivity contribution in [3.05, 3.63) is 71.8 Å². The molecule has 4 rings (SSSR count). The number of benzene rings is 2. The molecule has 196 valence electrons. The molecule has 0 spiro atoms. The van der Waals surface area contributed by atoms with Crippen molar-refractivity contribution < 1.29 is 39.1 Å². The van der Waals surface area contributed by atoms with E-state index in [4.69, 9.17) is 18.9 Å². The zero-order valence-electron chi connectivity index (χ0n) is 20.0. The van der Waals surface area contributed by atoms with Crippen LogP contribution in [0.25, 0.3) is 0 Å². The van der Waals surface area contributed by atoms with Gasteiger partial charge in [-0.1, -0.05) is 60.7 Å². The standard InChI is InChI=1S/C25H28N4O8/c1-15(31)26-19-21(33)20(32)18(12-30)36-22(19)37-25-28-23(34-13-16-8-4-2-5-9-16)27-24(29-25)35-14-17-10-6-3-7-11-17/h2-11,18-22,30,32-33H,12-14H2,1H3,(H,26,31)/t18-,19-,20-,21-,22-/m1/s1. The summed E-state index contributed by atoms with van der Waals surface area (Å²) in [5.74, 6) is -0.495. The fraction of sp³-hybridized carbons (Fsp3) is 0.360. The molecule has 1 saturated heterocycles. The molecule has 1 fully saturated rings. The van der Waals surface area contributed by atoms with E-state index in [1.165, 1.54) is 6.92 Å². The van der Waals surface area contributed by atoms with E-state index in [0.29, 0.717) is 0 Å². The Balaban J connectivity index is 1.57. The number of nitrogens with one attached hydrogen (secondary N) is 1. The molecule has 3 aromatic rings. The second-order valence-corrected chi connectivity index (χ2v) is 8.28. The molecule has 0 saturated carbocycles. The molecular weight excluding hydrogens is 484 g/mol. The topological polar surface area (TPSA) is 165 Å². The van der Waals surface area contributed by atoms with Crippen LogP contribution in [0.3, 0.4) is 0 Å². The molecule has 2 aromatic carbocycles. The lowest BCUT2D eigenvalue weighted by Gasteiger charge is -2.41. The monoisotopic (exact) mass is 512 g/mol. The van der Waals surface area contributed by atoms with Gasteiger partial charge in [-0.05, 0) is 11.1 Å². The van der Waals surface area contributed by atoms with Gasteiger partial charge in [0.05, 0.1) is 6.61 Å². The first kappa shape index (κ1) is 26.2. The van der Waals surface area contributed by atoms with Crippen LogP contribution in [0.15, 0.2) is 60.7 Å². The summed E-state index contributed by atoms with van der Waals surface area (Å²) in [6.45, 7) is 0.962. The molecule has 0 unspecified atom stereocenters. The number of carbonyl (C=O) groups is 1. The van der Waals surface area contributed by atoms with E-state index in [-0.39, 0.29) is 31.2 Å². The predicted molar refractivity (Wildman–Crippen MR) is 127 cm³/mol. The van der Waals surface area contributed by atoms with Gasteiger partial charge in [0.25, 0.3) is 0 Å². The number of ether oxygens (including phenoxy) is 4. The summed E-state index contributed by atoms with van der Waals surface area (Å²) in [4.78, 5) is 24.2. The van der Waals surface area contributed by atoms with E-state index in [9.17, 15) is 20.1 Å². The molecule has 5 atom stereocenters. The van der Waals surface area contributed by atoms with Crippen LogP contribution >= 0.6 is 0 Å². The fourth-order valence-electron chi connectivity index (χ4n) is 3.62. The molecule has 1 aliphatic heterocycles. The Kier molecular flexibility index (Phi) is 8.80. The number of aliphatic hydroxyl groups excluding tert-OH is 3. The van der Waals surface area contributed by atoms with Crippen LogP contribution in [-0.2, 0) is 22.7 Å². The lowest BCUT2D eigenvalue weighted by atomic mass is 9.97. The molecule has 1 aliphatic rings. The number of hydrogen-bond donors (Lipinski definition) is 4. The average Bonchev–Trinajstić information content (AvgIpc) is 2.91. The number of aromatic nitrogens is 3. The van der Waals surface area contributed by atoms with Gasteiger partial charge < -0.3 is 39.6 Å². The minimum Gasteiger partial charge on any atom is -0.458 e. The number of hydrogen-bond acceptors (Lipinski definition) is 11. The first-order valence-corrected chi connectivity index (χ1v) is 11.6. The lowest BCUT2D eigenvalue weighted by molar-refractivity contribution is -0.246. The highest BCUT2D eigenvalue weighted by Gasteiger charge is 2.46. The Hall–Kier alpha value is -3.84. The van der Waals surface area contributed by atoms with Gasteiger partial charge in [-0.15, -0.1) is 15.0 Å². The van der Waals surface area contributed by atoms with Crippen LogP contribution in [-0.4, -0.2) is 73.4 Å². The van der Waals surface area contributed by atoms with Crippen molar-refractivity contribution in [2.75, 3.05) is 6.61 Å². The van der Waals surface area contributed by atoms with Crippen molar-refractivity contribution in [2.24, 2.45) is 0 Å². The van der Waals surface area contributed by atoms with Gasteiger partial charge in [-0.3, -0.25) is 4.79 Å². The molecule has 4 N–H and O–H groups in total. The fourth-order valence-corrected chi connectivity index (χ4v) is 3.62. The SMILES string of the molecule is CC(=O)N[C@H]1[C@@H](Oc2nc(OCc3ccccc3)nc(OCc3ccccc3)n2)O[C@H](CO)[C@@H](O)[C@@H]1O. The van der Waals surface area contributed by atoms with Gasteiger partial charge in [-0.25, -0.2) is 0 Å². The van der Waals surface area contributed by atoms with E-state index >= 15 is 0 Å². The van der Waals surface area contributed by atoms with Gasteiger partial charge in [0.1, 0.15) is 37.6 Å². The third-order valence-corrected chi connectivity index (χ3v) is 5.47. The highest BCUT2D eigenvalue weighted by molar-refractivity contribution is 5.73. The Bertz CT molecular complexity index is 1090. The third kappa shape index (κ3) is 7.11. The van der Waals surface area contributed by atoms with E-state index < -0.39 is 43.2 Å². The summed E-state index contributed by atoms with van der Waals surface area (Å²) in [5.41, 5.74) is 1.75. The molecule has 1 amide bonds.